The van der Waals surface area contributed by atoms with Crippen molar-refractivity contribution in [2.24, 2.45) is 0 Å². The van der Waals surface area contributed by atoms with Gasteiger partial charge in [0.25, 0.3) is 0 Å². The Labute approximate surface area is 139 Å². The Morgan fingerprint density at radius 1 is 1.04 bits per heavy atom. The van der Waals surface area contributed by atoms with Crippen LogP contribution >= 0.6 is 11.8 Å². The summed E-state index contributed by atoms with van der Waals surface area (Å²) in [6.07, 6.45) is 0. The molecule has 0 saturated heterocycles. The van der Waals surface area contributed by atoms with Gasteiger partial charge in [0, 0.05) is 17.9 Å². The van der Waals surface area contributed by atoms with Crippen molar-refractivity contribution < 1.29 is 0 Å². The molecule has 1 aromatic heterocycles. The predicted octanol–water partition coefficient (Wildman–Crippen LogP) is 4.13. The van der Waals surface area contributed by atoms with Gasteiger partial charge in [-0.25, -0.2) is 0 Å². The second kappa shape index (κ2) is 7.12. The van der Waals surface area contributed by atoms with Gasteiger partial charge in [0.15, 0.2) is 11.0 Å². The summed E-state index contributed by atoms with van der Waals surface area (Å²) in [4.78, 5) is 0. The highest BCUT2D eigenvalue weighted by atomic mass is 32.2. The van der Waals surface area contributed by atoms with Gasteiger partial charge in [0.05, 0.1) is 11.6 Å². The van der Waals surface area contributed by atoms with E-state index in [4.69, 9.17) is 5.26 Å². The molecule has 5 heteroatoms. The number of nitrogens with zero attached hydrogens (tertiary/aromatic N) is 4. The number of thioether (sulfide) groups is 1. The molecule has 0 unspecified atom stereocenters. The lowest BCUT2D eigenvalue weighted by atomic mass is 10.2. The lowest BCUT2D eigenvalue weighted by Gasteiger charge is -2.07. The Morgan fingerprint density at radius 2 is 1.78 bits per heavy atom. The smallest absolute Gasteiger partial charge is 0.191 e. The van der Waals surface area contributed by atoms with Crippen LogP contribution in [0, 0.1) is 11.3 Å². The zero-order valence-corrected chi connectivity index (χ0v) is 13.6. The molecule has 0 saturated carbocycles. The van der Waals surface area contributed by atoms with Crippen LogP contribution in [-0.2, 0) is 12.3 Å². The first-order chi connectivity index (χ1) is 11.3. The maximum Gasteiger partial charge on any atom is 0.191 e. The van der Waals surface area contributed by atoms with Gasteiger partial charge in [0.1, 0.15) is 0 Å². The molecule has 0 aliphatic heterocycles. The van der Waals surface area contributed by atoms with E-state index in [1.807, 2.05) is 54.6 Å². The zero-order valence-electron chi connectivity index (χ0n) is 12.8. The molecule has 0 bridgehead atoms. The molecular formula is C18H16N4S. The molecule has 3 aromatic rings. The molecule has 0 amide bonds. The van der Waals surface area contributed by atoms with Crippen LogP contribution in [0.4, 0.5) is 0 Å². The van der Waals surface area contributed by atoms with Crippen LogP contribution in [-0.4, -0.2) is 14.8 Å². The van der Waals surface area contributed by atoms with E-state index >= 15 is 0 Å². The van der Waals surface area contributed by atoms with Gasteiger partial charge in [0.2, 0.25) is 0 Å². The molecule has 23 heavy (non-hydrogen) atoms. The fourth-order valence-electron chi connectivity index (χ4n) is 2.30. The van der Waals surface area contributed by atoms with Gasteiger partial charge >= 0.3 is 0 Å². The molecule has 114 valence electrons. The summed E-state index contributed by atoms with van der Waals surface area (Å²) in [6, 6.07) is 19.9. The second-order valence-corrected chi connectivity index (χ2v) is 5.96. The van der Waals surface area contributed by atoms with Gasteiger partial charge in [-0.15, -0.1) is 10.2 Å². The Kier molecular flexibility index (Phi) is 4.74. The molecule has 0 aliphatic rings. The van der Waals surface area contributed by atoms with Gasteiger partial charge in [-0.2, -0.15) is 5.26 Å². The van der Waals surface area contributed by atoms with Crippen LogP contribution < -0.4 is 0 Å². The Hall–Kier alpha value is -2.58. The molecule has 0 fully saturated rings. The van der Waals surface area contributed by atoms with E-state index in [0.717, 1.165) is 28.8 Å². The summed E-state index contributed by atoms with van der Waals surface area (Å²) >= 11 is 1.66. The molecule has 0 radical (unpaired) electrons. The lowest BCUT2D eigenvalue weighted by Crippen LogP contribution is -1.99. The number of rotatable bonds is 5. The molecule has 1 heterocycles. The molecule has 2 aromatic carbocycles. The molecule has 0 spiro atoms. The highest BCUT2D eigenvalue weighted by molar-refractivity contribution is 7.98. The normalized spacial score (nSPS) is 10.4. The summed E-state index contributed by atoms with van der Waals surface area (Å²) in [7, 11) is 0. The minimum atomic E-state index is 0.682. The second-order valence-electron chi connectivity index (χ2n) is 5.01. The van der Waals surface area contributed by atoms with Crippen molar-refractivity contribution in [3.8, 4) is 17.5 Å². The van der Waals surface area contributed by atoms with Crippen LogP contribution in [0.15, 0.2) is 59.8 Å². The molecule has 0 N–H and O–H groups in total. The third-order valence-corrected chi connectivity index (χ3v) is 4.55. The fraction of sp³-hybridized carbons (Fsp3) is 0.167. The number of hydrogen-bond acceptors (Lipinski definition) is 4. The van der Waals surface area contributed by atoms with Crippen molar-refractivity contribution in [3.63, 3.8) is 0 Å². The molecular weight excluding hydrogens is 304 g/mol. The van der Waals surface area contributed by atoms with Gasteiger partial charge in [-0.3, -0.25) is 0 Å². The maximum atomic E-state index is 8.84. The van der Waals surface area contributed by atoms with Crippen molar-refractivity contribution in [2.75, 3.05) is 0 Å². The van der Waals surface area contributed by atoms with Crippen LogP contribution in [0.25, 0.3) is 11.4 Å². The van der Waals surface area contributed by atoms with Crippen molar-refractivity contribution in [2.45, 2.75) is 24.4 Å². The minimum absolute atomic E-state index is 0.682. The highest BCUT2D eigenvalue weighted by Gasteiger charge is 2.12. The van der Waals surface area contributed by atoms with Gasteiger partial charge in [-0.05, 0) is 24.6 Å². The number of hydrogen-bond donors (Lipinski definition) is 0. The largest absolute Gasteiger partial charge is 0.302 e. The van der Waals surface area contributed by atoms with E-state index in [2.05, 4.69) is 27.8 Å². The van der Waals surface area contributed by atoms with E-state index in [1.54, 1.807) is 11.8 Å². The van der Waals surface area contributed by atoms with Crippen LogP contribution in [0.3, 0.4) is 0 Å². The van der Waals surface area contributed by atoms with Crippen molar-refractivity contribution in [3.05, 3.63) is 65.7 Å². The topological polar surface area (TPSA) is 54.5 Å². The van der Waals surface area contributed by atoms with Crippen molar-refractivity contribution in [1.82, 2.24) is 14.8 Å². The Bertz CT molecular complexity index is 816. The summed E-state index contributed by atoms with van der Waals surface area (Å²) in [5.41, 5.74) is 2.93. The predicted molar refractivity (Wildman–Crippen MR) is 91.9 cm³/mol. The number of benzene rings is 2. The first-order valence-corrected chi connectivity index (χ1v) is 8.41. The summed E-state index contributed by atoms with van der Waals surface area (Å²) in [5, 5.41) is 18.4. The number of aromatic nitrogens is 3. The van der Waals surface area contributed by atoms with Crippen LogP contribution in [0.2, 0.25) is 0 Å². The molecule has 3 rings (SSSR count). The van der Waals surface area contributed by atoms with E-state index in [1.165, 1.54) is 5.56 Å². The summed E-state index contributed by atoms with van der Waals surface area (Å²) in [5.74, 6) is 1.70. The molecule has 0 aliphatic carbocycles. The Balaban J connectivity index is 1.78. The monoisotopic (exact) mass is 320 g/mol. The van der Waals surface area contributed by atoms with Crippen molar-refractivity contribution >= 4 is 11.8 Å². The maximum absolute atomic E-state index is 8.84. The SMILES string of the molecule is CCn1c(SCc2ccc(C#N)cc2)nnc1-c1ccccc1. The van der Waals surface area contributed by atoms with Crippen molar-refractivity contribution in [1.29, 1.82) is 5.26 Å². The summed E-state index contributed by atoms with van der Waals surface area (Å²) < 4.78 is 2.13. The lowest BCUT2D eigenvalue weighted by molar-refractivity contribution is 0.687. The van der Waals surface area contributed by atoms with Crippen LogP contribution in [0.1, 0.15) is 18.1 Å². The minimum Gasteiger partial charge on any atom is -0.302 e. The average molecular weight is 320 g/mol. The van der Waals surface area contributed by atoms with E-state index in [-0.39, 0.29) is 0 Å². The third-order valence-electron chi connectivity index (χ3n) is 3.52. The quantitative estimate of drug-likeness (QED) is 0.663. The first-order valence-electron chi connectivity index (χ1n) is 7.42. The Morgan fingerprint density at radius 3 is 2.43 bits per heavy atom. The molecule has 0 atom stereocenters. The van der Waals surface area contributed by atoms with E-state index in [9.17, 15) is 0 Å². The van der Waals surface area contributed by atoms with E-state index < -0.39 is 0 Å². The highest BCUT2D eigenvalue weighted by Crippen LogP contribution is 2.26. The summed E-state index contributed by atoms with van der Waals surface area (Å²) in [6.45, 7) is 2.93. The van der Waals surface area contributed by atoms with Crippen LogP contribution in [0.5, 0.6) is 0 Å². The van der Waals surface area contributed by atoms with Gasteiger partial charge in [-0.1, -0.05) is 54.2 Å². The van der Waals surface area contributed by atoms with E-state index in [0.29, 0.717) is 5.56 Å². The average Bonchev–Trinajstić information content (AvgIpc) is 3.04. The first kappa shape index (κ1) is 15.3. The standard InChI is InChI=1S/C18H16N4S/c1-2-22-17(16-6-4-3-5-7-16)20-21-18(22)23-13-15-10-8-14(12-19)9-11-15/h3-11H,2,13H2,1H3. The number of nitriles is 1. The third kappa shape index (κ3) is 3.43. The fourth-order valence-corrected chi connectivity index (χ4v) is 3.26. The zero-order chi connectivity index (χ0) is 16.1. The van der Waals surface area contributed by atoms with Gasteiger partial charge < -0.3 is 4.57 Å². The molecule has 4 nitrogen and oxygen atoms in total.